The number of hydrogen-bond acceptors (Lipinski definition) is 2. The normalized spacial score (nSPS) is 38.8. The average molecular weight is 185 g/mol. The number of hydrogen-bond donors (Lipinski definition) is 2. The van der Waals surface area contributed by atoms with E-state index in [1.54, 1.807) is 0 Å². The van der Waals surface area contributed by atoms with Gasteiger partial charge >= 0.3 is 6.09 Å². The van der Waals surface area contributed by atoms with Crippen molar-refractivity contribution in [1.82, 2.24) is 4.90 Å². The summed E-state index contributed by atoms with van der Waals surface area (Å²) in [7, 11) is 0. The Labute approximate surface area is 77.2 Å². The van der Waals surface area contributed by atoms with Crippen LogP contribution in [0, 0.1) is 11.8 Å². The number of carboxylic acid groups (broad SMARTS) is 1. The fraction of sp³-hybridized carbons (Fsp3) is 0.889. The number of aliphatic hydroxyl groups is 1. The maximum atomic E-state index is 10.7. The van der Waals surface area contributed by atoms with Crippen molar-refractivity contribution in [3.63, 3.8) is 0 Å². The number of likely N-dealkylation sites (tertiary alicyclic amines) is 1. The first-order chi connectivity index (χ1) is 6.16. The smallest absolute Gasteiger partial charge is 0.407 e. The molecule has 1 aliphatic carbocycles. The summed E-state index contributed by atoms with van der Waals surface area (Å²) >= 11 is 0. The van der Waals surface area contributed by atoms with Gasteiger partial charge in [-0.15, -0.1) is 0 Å². The Hall–Kier alpha value is -0.770. The maximum absolute atomic E-state index is 10.7. The molecule has 1 saturated carbocycles. The van der Waals surface area contributed by atoms with Gasteiger partial charge in [-0.05, 0) is 31.1 Å². The molecule has 4 nitrogen and oxygen atoms in total. The maximum Gasteiger partial charge on any atom is 0.407 e. The number of aliphatic hydroxyl groups excluding tert-OH is 1. The van der Waals surface area contributed by atoms with Gasteiger partial charge in [-0.25, -0.2) is 4.79 Å². The number of fused-ring (bicyclic) bond motifs is 1. The first-order valence-electron chi connectivity index (χ1n) is 4.82. The van der Waals surface area contributed by atoms with Gasteiger partial charge < -0.3 is 15.1 Å². The molecular formula is C9H15NO3. The summed E-state index contributed by atoms with van der Waals surface area (Å²) in [6, 6.07) is 0. The van der Waals surface area contributed by atoms with Crippen LogP contribution < -0.4 is 0 Å². The van der Waals surface area contributed by atoms with Gasteiger partial charge in [-0.2, -0.15) is 0 Å². The zero-order valence-electron chi connectivity index (χ0n) is 7.52. The summed E-state index contributed by atoms with van der Waals surface area (Å²) in [6.45, 7) is 1.30. The predicted molar refractivity (Wildman–Crippen MR) is 46.4 cm³/mol. The minimum atomic E-state index is -0.816. The molecule has 0 radical (unpaired) electrons. The van der Waals surface area contributed by atoms with Crippen LogP contribution in [-0.4, -0.2) is 40.4 Å². The third-order valence-corrected chi connectivity index (χ3v) is 3.29. The van der Waals surface area contributed by atoms with E-state index in [-0.39, 0.29) is 6.10 Å². The number of carbonyl (C=O) groups is 1. The van der Waals surface area contributed by atoms with Gasteiger partial charge in [-0.3, -0.25) is 0 Å². The molecule has 2 fully saturated rings. The van der Waals surface area contributed by atoms with Crippen molar-refractivity contribution in [2.75, 3.05) is 13.1 Å². The second kappa shape index (κ2) is 3.18. The Morgan fingerprint density at radius 1 is 1.23 bits per heavy atom. The Bertz CT molecular complexity index is 219. The molecule has 2 aliphatic rings. The molecule has 2 rings (SSSR count). The molecule has 0 spiro atoms. The summed E-state index contributed by atoms with van der Waals surface area (Å²) < 4.78 is 0. The van der Waals surface area contributed by atoms with Crippen LogP contribution in [0.25, 0.3) is 0 Å². The van der Waals surface area contributed by atoms with Gasteiger partial charge in [0, 0.05) is 13.1 Å². The quantitative estimate of drug-likeness (QED) is 0.585. The van der Waals surface area contributed by atoms with Crippen LogP contribution in [0.5, 0.6) is 0 Å². The van der Waals surface area contributed by atoms with Crippen molar-refractivity contribution >= 4 is 6.09 Å². The van der Waals surface area contributed by atoms with Gasteiger partial charge in [0.1, 0.15) is 0 Å². The molecule has 1 heterocycles. The highest BCUT2D eigenvalue weighted by molar-refractivity contribution is 5.65. The van der Waals surface area contributed by atoms with Crippen LogP contribution in [0.15, 0.2) is 0 Å². The van der Waals surface area contributed by atoms with Crippen LogP contribution >= 0.6 is 0 Å². The highest BCUT2D eigenvalue weighted by atomic mass is 16.4. The average Bonchev–Trinajstić information content (AvgIpc) is 2.46. The van der Waals surface area contributed by atoms with Crippen LogP contribution in [0.2, 0.25) is 0 Å². The molecule has 13 heavy (non-hydrogen) atoms. The SMILES string of the molecule is O=C(O)N1CC2CCC(O)CC2C1. The van der Waals surface area contributed by atoms with Crippen molar-refractivity contribution in [3.05, 3.63) is 0 Å². The Kier molecular flexibility index (Phi) is 2.15. The predicted octanol–water partition coefficient (Wildman–Crippen LogP) is 0.757. The molecule has 3 unspecified atom stereocenters. The van der Waals surface area contributed by atoms with Gasteiger partial charge in [0.05, 0.1) is 6.10 Å². The molecule has 0 aromatic carbocycles. The summed E-state index contributed by atoms with van der Waals surface area (Å²) in [5, 5.41) is 18.2. The standard InChI is InChI=1S/C9H15NO3/c11-8-2-1-6-4-10(9(12)13)5-7(6)3-8/h6-8,11H,1-5H2,(H,12,13). The van der Waals surface area contributed by atoms with Crippen LogP contribution in [0.4, 0.5) is 4.79 Å². The van der Waals surface area contributed by atoms with E-state index in [4.69, 9.17) is 5.11 Å². The second-order valence-corrected chi connectivity index (χ2v) is 4.17. The minimum Gasteiger partial charge on any atom is -0.465 e. The first kappa shape index (κ1) is 8.81. The Morgan fingerprint density at radius 2 is 1.92 bits per heavy atom. The van der Waals surface area contributed by atoms with Gasteiger partial charge in [0.15, 0.2) is 0 Å². The van der Waals surface area contributed by atoms with E-state index in [1.807, 2.05) is 0 Å². The summed E-state index contributed by atoms with van der Waals surface area (Å²) in [6.07, 6.45) is 1.59. The highest BCUT2D eigenvalue weighted by Crippen LogP contribution is 2.36. The summed E-state index contributed by atoms with van der Waals surface area (Å²) in [5.74, 6) is 0.902. The Morgan fingerprint density at radius 3 is 2.62 bits per heavy atom. The first-order valence-corrected chi connectivity index (χ1v) is 4.82. The largest absolute Gasteiger partial charge is 0.465 e. The van der Waals surface area contributed by atoms with Gasteiger partial charge in [0.2, 0.25) is 0 Å². The van der Waals surface area contributed by atoms with Crippen LogP contribution in [-0.2, 0) is 0 Å². The molecule has 4 heteroatoms. The molecule has 3 atom stereocenters. The molecule has 1 saturated heterocycles. The zero-order valence-corrected chi connectivity index (χ0v) is 7.52. The third kappa shape index (κ3) is 1.63. The van der Waals surface area contributed by atoms with Crippen molar-refractivity contribution in [2.24, 2.45) is 11.8 Å². The summed E-state index contributed by atoms with van der Waals surface area (Å²) in [4.78, 5) is 12.2. The van der Waals surface area contributed by atoms with Gasteiger partial charge in [0.25, 0.3) is 0 Å². The van der Waals surface area contributed by atoms with Crippen LogP contribution in [0.3, 0.4) is 0 Å². The molecule has 0 aromatic rings. The van der Waals surface area contributed by atoms with Crippen molar-refractivity contribution < 1.29 is 15.0 Å². The molecule has 1 amide bonds. The topological polar surface area (TPSA) is 60.8 Å². The lowest BCUT2D eigenvalue weighted by atomic mass is 9.80. The van der Waals surface area contributed by atoms with E-state index in [1.165, 1.54) is 4.90 Å². The molecule has 2 N–H and O–H groups in total. The van der Waals surface area contributed by atoms with Crippen molar-refractivity contribution in [2.45, 2.75) is 25.4 Å². The van der Waals surface area contributed by atoms with E-state index < -0.39 is 6.09 Å². The van der Waals surface area contributed by atoms with E-state index >= 15 is 0 Å². The van der Waals surface area contributed by atoms with Crippen molar-refractivity contribution in [3.8, 4) is 0 Å². The lowest BCUT2D eigenvalue weighted by molar-refractivity contribution is 0.0864. The molecule has 74 valence electrons. The van der Waals surface area contributed by atoms with E-state index in [0.717, 1.165) is 19.3 Å². The van der Waals surface area contributed by atoms with Gasteiger partial charge in [-0.1, -0.05) is 0 Å². The molecular weight excluding hydrogens is 170 g/mol. The number of rotatable bonds is 0. The molecule has 0 aromatic heterocycles. The van der Waals surface area contributed by atoms with E-state index in [9.17, 15) is 9.90 Å². The monoisotopic (exact) mass is 185 g/mol. The molecule has 1 aliphatic heterocycles. The second-order valence-electron chi connectivity index (χ2n) is 4.17. The fourth-order valence-corrected chi connectivity index (χ4v) is 2.56. The zero-order chi connectivity index (χ0) is 9.42. The minimum absolute atomic E-state index is 0.199. The van der Waals surface area contributed by atoms with E-state index in [0.29, 0.717) is 24.9 Å². The van der Waals surface area contributed by atoms with E-state index in [2.05, 4.69) is 0 Å². The lowest BCUT2D eigenvalue weighted by Gasteiger charge is -2.27. The number of nitrogens with zero attached hydrogens (tertiary/aromatic N) is 1. The number of amides is 1. The van der Waals surface area contributed by atoms with Crippen LogP contribution in [0.1, 0.15) is 19.3 Å². The fourth-order valence-electron chi connectivity index (χ4n) is 2.56. The molecule has 0 bridgehead atoms. The third-order valence-electron chi connectivity index (χ3n) is 3.29. The van der Waals surface area contributed by atoms with Crippen molar-refractivity contribution in [1.29, 1.82) is 0 Å². The summed E-state index contributed by atoms with van der Waals surface area (Å²) in [5.41, 5.74) is 0. The Balaban J connectivity index is 1.98. The lowest BCUT2D eigenvalue weighted by Crippen LogP contribution is -2.27. The highest BCUT2D eigenvalue weighted by Gasteiger charge is 2.38.